The number of carbonyl (C=O) groups is 2. The summed E-state index contributed by atoms with van der Waals surface area (Å²) >= 11 is 0. The Labute approximate surface area is 323 Å². The van der Waals surface area contributed by atoms with Gasteiger partial charge in [0.05, 0.1) is 25.4 Å². The van der Waals surface area contributed by atoms with Crippen LogP contribution in [0.15, 0.2) is 12.2 Å². The smallest absolute Gasteiger partial charge is 0.305 e. The van der Waals surface area contributed by atoms with Crippen molar-refractivity contribution in [2.45, 2.75) is 257 Å². The highest BCUT2D eigenvalue weighted by atomic mass is 16.5. The highest BCUT2D eigenvalue weighted by Crippen LogP contribution is 2.15. The van der Waals surface area contributed by atoms with Crippen molar-refractivity contribution >= 4 is 11.9 Å². The van der Waals surface area contributed by atoms with E-state index in [1.165, 1.54) is 161 Å². The summed E-state index contributed by atoms with van der Waals surface area (Å²) in [5, 5.41) is 22.9. The van der Waals surface area contributed by atoms with Gasteiger partial charge < -0.3 is 20.3 Å². The monoisotopic (exact) mass is 736 g/mol. The molecule has 0 aliphatic carbocycles. The molecule has 0 aromatic heterocycles. The number of rotatable bonds is 42. The molecule has 0 heterocycles. The van der Waals surface area contributed by atoms with Gasteiger partial charge in [0.1, 0.15) is 0 Å². The van der Waals surface area contributed by atoms with Gasteiger partial charge >= 0.3 is 5.97 Å². The number of aliphatic hydroxyl groups excluding tert-OH is 2. The Kier molecular flexibility index (Phi) is 41.2. The lowest BCUT2D eigenvalue weighted by atomic mass is 10.0. The molecule has 0 aromatic carbocycles. The molecule has 0 saturated carbocycles. The summed E-state index contributed by atoms with van der Waals surface area (Å²) in [5.41, 5.74) is 0. The van der Waals surface area contributed by atoms with E-state index in [-0.39, 0.29) is 18.5 Å². The quantitative estimate of drug-likeness (QED) is 0.0329. The van der Waals surface area contributed by atoms with Crippen LogP contribution < -0.4 is 5.32 Å². The lowest BCUT2D eigenvalue weighted by Crippen LogP contribution is -2.45. The SMILES string of the molecule is CCCCCCCCCCC/C=C/C(O)C(CO)NC(=O)CCCCCCCCCCCCCCOC(=O)CCCCCCCCCCCCCC. The molecule has 1 amide bonds. The molecule has 52 heavy (non-hydrogen) atoms. The molecule has 0 aromatic rings. The molecule has 308 valence electrons. The van der Waals surface area contributed by atoms with Crippen molar-refractivity contribution in [1.29, 1.82) is 0 Å². The maximum atomic E-state index is 12.4. The van der Waals surface area contributed by atoms with Crippen LogP contribution in [0.4, 0.5) is 0 Å². The zero-order valence-corrected chi connectivity index (χ0v) is 34.8. The lowest BCUT2D eigenvalue weighted by Gasteiger charge is -2.20. The second-order valence-corrected chi connectivity index (χ2v) is 15.7. The number of hydrogen-bond acceptors (Lipinski definition) is 5. The maximum absolute atomic E-state index is 12.4. The molecule has 3 N–H and O–H groups in total. The predicted octanol–water partition coefficient (Wildman–Crippen LogP) is 13.0. The summed E-state index contributed by atoms with van der Waals surface area (Å²) in [6.07, 6.45) is 46.2. The van der Waals surface area contributed by atoms with Gasteiger partial charge in [0.25, 0.3) is 0 Å². The van der Waals surface area contributed by atoms with Crippen molar-refractivity contribution in [1.82, 2.24) is 5.32 Å². The van der Waals surface area contributed by atoms with E-state index in [9.17, 15) is 19.8 Å². The Morgan fingerprint density at radius 2 is 0.885 bits per heavy atom. The number of ether oxygens (including phenoxy) is 1. The number of esters is 1. The normalized spacial score (nSPS) is 12.8. The molecular formula is C46H89NO5. The minimum absolute atomic E-state index is 0.0107. The fraction of sp³-hybridized carbons (Fsp3) is 0.913. The van der Waals surface area contributed by atoms with Crippen molar-refractivity contribution in [3.05, 3.63) is 12.2 Å². The van der Waals surface area contributed by atoms with Crippen LogP contribution in [0.3, 0.4) is 0 Å². The zero-order chi connectivity index (χ0) is 38.0. The summed E-state index contributed by atoms with van der Waals surface area (Å²) in [4.78, 5) is 24.3. The summed E-state index contributed by atoms with van der Waals surface area (Å²) in [6.45, 7) is 4.85. The maximum Gasteiger partial charge on any atom is 0.305 e. The fourth-order valence-corrected chi connectivity index (χ4v) is 6.98. The van der Waals surface area contributed by atoms with E-state index in [1.807, 2.05) is 6.08 Å². The van der Waals surface area contributed by atoms with Crippen molar-refractivity contribution in [2.24, 2.45) is 0 Å². The van der Waals surface area contributed by atoms with E-state index in [0.29, 0.717) is 19.4 Å². The minimum atomic E-state index is -0.851. The number of amides is 1. The molecule has 0 aliphatic heterocycles. The van der Waals surface area contributed by atoms with Crippen LogP contribution in [0.25, 0.3) is 0 Å². The van der Waals surface area contributed by atoms with Crippen LogP contribution in [0, 0.1) is 0 Å². The standard InChI is InChI=1S/C46H89NO5/c1-3-5-7-9-11-13-15-20-24-28-32-36-40-46(51)52-41-37-33-29-25-21-17-16-19-23-27-31-35-39-45(50)47-43(42-48)44(49)38-34-30-26-22-18-14-12-10-8-6-4-2/h34,38,43-44,48-49H,3-33,35-37,39-42H2,1-2H3,(H,47,50)/b38-34+. The lowest BCUT2D eigenvalue weighted by molar-refractivity contribution is -0.143. The van der Waals surface area contributed by atoms with Gasteiger partial charge in [-0.2, -0.15) is 0 Å². The first kappa shape index (κ1) is 50.6. The first-order valence-electron chi connectivity index (χ1n) is 23.0. The van der Waals surface area contributed by atoms with Crippen molar-refractivity contribution < 1.29 is 24.5 Å². The second-order valence-electron chi connectivity index (χ2n) is 15.7. The number of nitrogens with one attached hydrogen (secondary N) is 1. The largest absolute Gasteiger partial charge is 0.466 e. The van der Waals surface area contributed by atoms with Crippen LogP contribution in [0.2, 0.25) is 0 Å². The number of hydrogen-bond donors (Lipinski definition) is 3. The average Bonchev–Trinajstić information content (AvgIpc) is 3.14. The molecule has 0 bridgehead atoms. The molecule has 2 atom stereocenters. The van der Waals surface area contributed by atoms with Gasteiger partial charge in [-0.15, -0.1) is 0 Å². The Hall–Kier alpha value is -1.40. The third kappa shape index (κ3) is 38.3. The van der Waals surface area contributed by atoms with Gasteiger partial charge in [-0.1, -0.05) is 212 Å². The van der Waals surface area contributed by atoms with Crippen LogP contribution in [-0.4, -0.2) is 47.4 Å². The van der Waals surface area contributed by atoms with E-state index in [4.69, 9.17) is 4.74 Å². The summed E-state index contributed by atoms with van der Waals surface area (Å²) < 4.78 is 5.44. The van der Waals surface area contributed by atoms with Gasteiger partial charge in [-0.3, -0.25) is 9.59 Å². The van der Waals surface area contributed by atoms with E-state index in [1.54, 1.807) is 6.08 Å². The zero-order valence-electron chi connectivity index (χ0n) is 34.8. The molecule has 0 fully saturated rings. The highest BCUT2D eigenvalue weighted by Gasteiger charge is 2.18. The predicted molar refractivity (Wildman–Crippen MR) is 223 cm³/mol. The molecule has 6 nitrogen and oxygen atoms in total. The van der Waals surface area contributed by atoms with Crippen LogP contribution in [0.5, 0.6) is 0 Å². The molecule has 6 heteroatoms. The summed E-state index contributed by atoms with van der Waals surface area (Å²) in [5.74, 6) is -0.0955. The van der Waals surface area contributed by atoms with E-state index in [2.05, 4.69) is 19.2 Å². The van der Waals surface area contributed by atoms with E-state index < -0.39 is 12.1 Å². The Balaban J connectivity index is 3.48. The molecule has 2 unspecified atom stereocenters. The van der Waals surface area contributed by atoms with Crippen LogP contribution >= 0.6 is 0 Å². The fourth-order valence-electron chi connectivity index (χ4n) is 6.98. The van der Waals surface area contributed by atoms with E-state index in [0.717, 1.165) is 57.8 Å². The van der Waals surface area contributed by atoms with Gasteiger partial charge in [0, 0.05) is 12.8 Å². The number of unbranched alkanes of at least 4 members (excludes halogenated alkanes) is 31. The summed E-state index contributed by atoms with van der Waals surface area (Å²) in [6, 6.07) is -0.636. The Morgan fingerprint density at radius 1 is 0.519 bits per heavy atom. The van der Waals surface area contributed by atoms with Crippen molar-refractivity contribution in [3.8, 4) is 0 Å². The molecule has 0 rings (SSSR count). The Morgan fingerprint density at radius 3 is 1.31 bits per heavy atom. The highest BCUT2D eigenvalue weighted by molar-refractivity contribution is 5.76. The molecule has 0 radical (unpaired) electrons. The van der Waals surface area contributed by atoms with Crippen molar-refractivity contribution in [2.75, 3.05) is 13.2 Å². The topological polar surface area (TPSA) is 95.9 Å². The van der Waals surface area contributed by atoms with Gasteiger partial charge in [-0.05, 0) is 32.1 Å². The number of carbonyl (C=O) groups excluding carboxylic acids is 2. The van der Waals surface area contributed by atoms with Gasteiger partial charge in [0.15, 0.2) is 0 Å². The molecule has 0 spiro atoms. The molecule has 0 aliphatic rings. The minimum Gasteiger partial charge on any atom is -0.466 e. The van der Waals surface area contributed by atoms with Gasteiger partial charge in [0.2, 0.25) is 5.91 Å². The first-order valence-corrected chi connectivity index (χ1v) is 23.0. The Bertz CT molecular complexity index is 772. The molecule has 0 saturated heterocycles. The first-order chi connectivity index (χ1) is 25.5. The van der Waals surface area contributed by atoms with Crippen molar-refractivity contribution in [3.63, 3.8) is 0 Å². The number of aliphatic hydroxyl groups is 2. The van der Waals surface area contributed by atoms with Gasteiger partial charge in [-0.25, -0.2) is 0 Å². The van der Waals surface area contributed by atoms with Crippen LogP contribution in [0.1, 0.15) is 245 Å². The third-order valence-electron chi connectivity index (χ3n) is 10.6. The second kappa shape index (κ2) is 42.3. The molecular weight excluding hydrogens is 647 g/mol. The van der Waals surface area contributed by atoms with E-state index >= 15 is 0 Å². The average molecular weight is 736 g/mol. The summed E-state index contributed by atoms with van der Waals surface area (Å²) in [7, 11) is 0. The van der Waals surface area contributed by atoms with Crippen LogP contribution in [-0.2, 0) is 14.3 Å². The number of allylic oxidation sites excluding steroid dienone is 1. The third-order valence-corrected chi connectivity index (χ3v) is 10.6.